The summed E-state index contributed by atoms with van der Waals surface area (Å²) in [4.78, 5) is -0.418. The van der Waals surface area contributed by atoms with E-state index in [0.717, 1.165) is 25.3 Å². The average molecular weight is 319 g/mol. The molecular weight excluding hydrogens is 300 g/mol. The molecule has 0 spiro atoms. The summed E-state index contributed by atoms with van der Waals surface area (Å²) < 4.78 is 49.0. The summed E-state index contributed by atoms with van der Waals surface area (Å²) in [5, 5.41) is 12.7. The first-order valence-corrected chi connectivity index (χ1v) is 8.46. The van der Waals surface area contributed by atoms with E-state index in [1.165, 1.54) is 12.1 Å². The van der Waals surface area contributed by atoms with Crippen molar-refractivity contribution in [3.05, 3.63) is 24.3 Å². The molecule has 1 aliphatic rings. The standard InChI is InChI=1S/C14H19F2NO3S/c15-13(16)21(19,20)12-7-3-2-6-11(12)17-14(10-18)8-4-1-5-9-14/h2-3,6-7,13,17-18H,1,4-5,8-10H2. The van der Waals surface area contributed by atoms with Crippen molar-refractivity contribution in [1.29, 1.82) is 0 Å². The minimum atomic E-state index is -4.67. The number of alkyl halides is 2. The Morgan fingerprint density at radius 1 is 1.19 bits per heavy atom. The first-order valence-electron chi connectivity index (χ1n) is 6.91. The summed E-state index contributed by atoms with van der Waals surface area (Å²) in [6, 6.07) is 5.62. The number of para-hydroxylation sites is 1. The number of anilines is 1. The Bertz CT molecular complexity index is 584. The van der Waals surface area contributed by atoms with Gasteiger partial charge in [0.2, 0.25) is 9.84 Å². The highest BCUT2D eigenvalue weighted by molar-refractivity contribution is 7.91. The second kappa shape index (κ2) is 6.27. The van der Waals surface area contributed by atoms with Crippen molar-refractivity contribution in [2.75, 3.05) is 11.9 Å². The number of sulfone groups is 1. The first kappa shape index (κ1) is 16.2. The Hall–Kier alpha value is -1.21. The number of aliphatic hydroxyl groups excluding tert-OH is 1. The molecule has 1 aliphatic carbocycles. The quantitative estimate of drug-likeness (QED) is 0.876. The lowest BCUT2D eigenvalue weighted by atomic mass is 9.82. The summed E-state index contributed by atoms with van der Waals surface area (Å²) in [5.74, 6) is -3.46. The van der Waals surface area contributed by atoms with Crippen LogP contribution in [-0.2, 0) is 9.84 Å². The van der Waals surface area contributed by atoms with Gasteiger partial charge in [0.15, 0.2) is 0 Å². The molecule has 21 heavy (non-hydrogen) atoms. The van der Waals surface area contributed by atoms with E-state index in [2.05, 4.69) is 5.32 Å². The minimum absolute atomic E-state index is 0.133. The topological polar surface area (TPSA) is 66.4 Å². The van der Waals surface area contributed by atoms with Crippen LogP contribution in [-0.4, -0.2) is 31.4 Å². The predicted molar refractivity (Wildman–Crippen MR) is 76.2 cm³/mol. The van der Waals surface area contributed by atoms with E-state index in [0.29, 0.717) is 12.8 Å². The summed E-state index contributed by atoms with van der Waals surface area (Å²) >= 11 is 0. The molecule has 2 rings (SSSR count). The summed E-state index contributed by atoms with van der Waals surface area (Å²) in [6.45, 7) is -0.157. The fourth-order valence-electron chi connectivity index (χ4n) is 2.75. The van der Waals surface area contributed by atoms with Gasteiger partial charge < -0.3 is 10.4 Å². The van der Waals surface area contributed by atoms with E-state index in [4.69, 9.17) is 0 Å². The maximum Gasteiger partial charge on any atom is 0.341 e. The number of aliphatic hydroxyl groups is 1. The van der Waals surface area contributed by atoms with Crippen molar-refractivity contribution in [2.45, 2.75) is 48.3 Å². The maximum atomic E-state index is 12.8. The van der Waals surface area contributed by atoms with Crippen molar-refractivity contribution in [1.82, 2.24) is 0 Å². The van der Waals surface area contributed by atoms with Gasteiger partial charge in [-0.2, -0.15) is 8.78 Å². The number of benzene rings is 1. The molecule has 0 aromatic heterocycles. The van der Waals surface area contributed by atoms with Gasteiger partial charge in [0.25, 0.3) is 0 Å². The second-order valence-electron chi connectivity index (χ2n) is 5.43. The Morgan fingerprint density at radius 3 is 2.38 bits per heavy atom. The molecule has 118 valence electrons. The average Bonchev–Trinajstić information content (AvgIpc) is 2.48. The molecular formula is C14H19F2NO3S. The third kappa shape index (κ3) is 3.35. The van der Waals surface area contributed by atoms with Crippen molar-refractivity contribution >= 4 is 15.5 Å². The highest BCUT2D eigenvalue weighted by Gasteiger charge is 2.34. The van der Waals surface area contributed by atoms with Gasteiger partial charge in [-0.25, -0.2) is 8.42 Å². The maximum absolute atomic E-state index is 12.8. The molecule has 0 saturated heterocycles. The molecule has 0 bridgehead atoms. The van der Waals surface area contributed by atoms with E-state index < -0.39 is 26.0 Å². The molecule has 4 nitrogen and oxygen atoms in total. The zero-order chi connectivity index (χ0) is 15.5. The van der Waals surface area contributed by atoms with Crippen LogP contribution in [0.5, 0.6) is 0 Å². The van der Waals surface area contributed by atoms with Crippen molar-refractivity contribution in [3.63, 3.8) is 0 Å². The Kier molecular flexibility index (Phi) is 4.83. The zero-order valence-corrected chi connectivity index (χ0v) is 12.4. The molecule has 0 amide bonds. The fourth-order valence-corrected chi connectivity index (χ4v) is 3.64. The van der Waals surface area contributed by atoms with Gasteiger partial charge in [-0.05, 0) is 25.0 Å². The Balaban J connectivity index is 2.37. The SMILES string of the molecule is O=S(=O)(c1ccccc1NC1(CO)CCCCC1)C(F)F. The lowest BCUT2D eigenvalue weighted by Crippen LogP contribution is -2.44. The molecule has 1 saturated carbocycles. The van der Waals surface area contributed by atoms with Gasteiger partial charge in [-0.3, -0.25) is 0 Å². The molecule has 0 radical (unpaired) electrons. The van der Waals surface area contributed by atoms with Crippen LogP contribution in [0.15, 0.2) is 29.2 Å². The van der Waals surface area contributed by atoms with Gasteiger partial charge >= 0.3 is 5.76 Å². The third-order valence-electron chi connectivity index (χ3n) is 3.94. The highest BCUT2D eigenvalue weighted by Crippen LogP contribution is 2.34. The van der Waals surface area contributed by atoms with E-state index in [1.54, 1.807) is 6.07 Å². The fraction of sp³-hybridized carbons (Fsp3) is 0.571. The van der Waals surface area contributed by atoms with E-state index in [1.807, 2.05) is 0 Å². The van der Waals surface area contributed by atoms with Crippen LogP contribution in [0.2, 0.25) is 0 Å². The van der Waals surface area contributed by atoms with Crippen LogP contribution in [0.4, 0.5) is 14.5 Å². The minimum Gasteiger partial charge on any atom is -0.394 e. The largest absolute Gasteiger partial charge is 0.394 e. The summed E-state index contributed by atoms with van der Waals surface area (Å²) in [5.41, 5.74) is -0.500. The first-order chi connectivity index (χ1) is 9.91. The molecule has 0 heterocycles. The molecule has 2 N–H and O–H groups in total. The van der Waals surface area contributed by atoms with Crippen LogP contribution in [0.1, 0.15) is 32.1 Å². The molecule has 0 aliphatic heterocycles. The van der Waals surface area contributed by atoms with Crippen molar-refractivity contribution < 1.29 is 22.3 Å². The molecule has 7 heteroatoms. The van der Waals surface area contributed by atoms with E-state index in [9.17, 15) is 22.3 Å². The van der Waals surface area contributed by atoms with Gasteiger partial charge in [-0.15, -0.1) is 0 Å². The van der Waals surface area contributed by atoms with Crippen LogP contribution in [0.3, 0.4) is 0 Å². The second-order valence-corrected chi connectivity index (χ2v) is 7.31. The molecule has 1 aromatic carbocycles. The van der Waals surface area contributed by atoms with E-state index >= 15 is 0 Å². The zero-order valence-electron chi connectivity index (χ0n) is 11.6. The smallest absolute Gasteiger partial charge is 0.341 e. The number of rotatable bonds is 5. The monoisotopic (exact) mass is 319 g/mol. The Morgan fingerprint density at radius 2 is 1.81 bits per heavy atom. The van der Waals surface area contributed by atoms with Gasteiger partial charge in [0.1, 0.15) is 0 Å². The number of hydrogen-bond donors (Lipinski definition) is 2. The molecule has 0 unspecified atom stereocenters. The number of nitrogens with one attached hydrogen (secondary N) is 1. The Labute approximate surface area is 123 Å². The number of hydrogen-bond acceptors (Lipinski definition) is 4. The van der Waals surface area contributed by atoms with Crippen LogP contribution >= 0.6 is 0 Å². The highest BCUT2D eigenvalue weighted by atomic mass is 32.2. The van der Waals surface area contributed by atoms with Gasteiger partial charge in [-0.1, -0.05) is 31.4 Å². The molecule has 0 atom stereocenters. The van der Waals surface area contributed by atoms with Crippen molar-refractivity contribution in [2.24, 2.45) is 0 Å². The van der Waals surface area contributed by atoms with E-state index in [-0.39, 0.29) is 12.3 Å². The molecule has 1 fully saturated rings. The molecule has 1 aromatic rings. The van der Waals surface area contributed by atoms with Gasteiger partial charge in [0.05, 0.1) is 22.7 Å². The van der Waals surface area contributed by atoms with Crippen LogP contribution < -0.4 is 5.32 Å². The lowest BCUT2D eigenvalue weighted by Gasteiger charge is -2.37. The van der Waals surface area contributed by atoms with Crippen LogP contribution in [0, 0.1) is 0 Å². The van der Waals surface area contributed by atoms with Crippen molar-refractivity contribution in [3.8, 4) is 0 Å². The normalized spacial score (nSPS) is 18.7. The number of halogens is 2. The van der Waals surface area contributed by atoms with Crippen LogP contribution in [0.25, 0.3) is 0 Å². The lowest BCUT2D eigenvalue weighted by molar-refractivity contribution is 0.172. The third-order valence-corrected chi connectivity index (χ3v) is 5.38. The summed E-state index contributed by atoms with van der Waals surface area (Å²) in [6.07, 6.45) is 4.26. The summed E-state index contributed by atoms with van der Waals surface area (Å²) in [7, 11) is -4.67. The predicted octanol–water partition coefficient (Wildman–Crippen LogP) is 2.79. The van der Waals surface area contributed by atoms with Gasteiger partial charge in [0, 0.05) is 0 Å².